The molecular weight excluding hydrogens is 268 g/mol. The molecule has 1 aromatic heterocycles. The first kappa shape index (κ1) is 13.4. The molecule has 1 rings (SSSR count). The summed E-state index contributed by atoms with van der Waals surface area (Å²) in [5.74, 6) is 0.209. The van der Waals surface area contributed by atoms with E-state index in [1.54, 1.807) is 6.92 Å². The maximum atomic E-state index is 11.3. The summed E-state index contributed by atoms with van der Waals surface area (Å²) >= 11 is 3.52. The molecule has 0 aliphatic rings. The number of ketones is 1. The number of carbonyl (C=O) groups excluding carboxylic acids is 1. The number of nitrogens with zero attached hydrogens (tertiary/aromatic N) is 2. The van der Waals surface area contributed by atoms with Gasteiger partial charge >= 0.3 is 0 Å². The van der Waals surface area contributed by atoms with Crippen LogP contribution in [0.2, 0.25) is 0 Å². The van der Waals surface area contributed by atoms with E-state index in [1.807, 2.05) is 10.9 Å². The molecule has 1 aromatic rings. The van der Waals surface area contributed by atoms with Gasteiger partial charge < -0.3 is 0 Å². The van der Waals surface area contributed by atoms with Gasteiger partial charge in [0, 0.05) is 18.4 Å². The average Bonchev–Trinajstić information content (AvgIpc) is 2.46. The molecule has 0 spiro atoms. The van der Waals surface area contributed by atoms with Crippen molar-refractivity contribution in [3.63, 3.8) is 0 Å². The second-order valence-corrected chi connectivity index (χ2v) is 5.68. The Morgan fingerprint density at radius 1 is 1.56 bits per heavy atom. The number of aryl methyl sites for hydroxylation is 1. The second-order valence-electron chi connectivity index (χ2n) is 4.83. The average molecular weight is 287 g/mol. The number of hydrogen-bond acceptors (Lipinski definition) is 2. The number of halogens is 1. The fraction of sp³-hybridized carbons (Fsp3) is 0.667. The van der Waals surface area contributed by atoms with Crippen LogP contribution in [0.25, 0.3) is 0 Å². The maximum absolute atomic E-state index is 11.3. The van der Waals surface area contributed by atoms with Crippen molar-refractivity contribution in [2.24, 2.45) is 0 Å². The van der Waals surface area contributed by atoms with Crippen LogP contribution in [0.15, 0.2) is 10.7 Å². The normalized spacial score (nSPS) is 11.8. The third-order valence-electron chi connectivity index (χ3n) is 2.56. The molecule has 16 heavy (non-hydrogen) atoms. The molecule has 3 nitrogen and oxygen atoms in total. The first-order valence-corrected chi connectivity index (χ1v) is 6.39. The van der Waals surface area contributed by atoms with Gasteiger partial charge in [-0.3, -0.25) is 9.48 Å². The molecule has 90 valence electrons. The van der Waals surface area contributed by atoms with Gasteiger partial charge in [-0.1, -0.05) is 20.8 Å². The van der Waals surface area contributed by atoms with E-state index in [1.165, 1.54) is 0 Å². The van der Waals surface area contributed by atoms with Crippen LogP contribution in [0.4, 0.5) is 0 Å². The van der Waals surface area contributed by atoms with E-state index >= 15 is 0 Å². The van der Waals surface area contributed by atoms with E-state index < -0.39 is 0 Å². The minimum Gasteiger partial charge on any atom is -0.300 e. The van der Waals surface area contributed by atoms with Gasteiger partial charge in [-0.25, -0.2) is 0 Å². The van der Waals surface area contributed by atoms with Crippen molar-refractivity contribution in [2.75, 3.05) is 0 Å². The summed E-state index contributed by atoms with van der Waals surface area (Å²) in [5, 5.41) is 4.34. The second kappa shape index (κ2) is 5.13. The fourth-order valence-electron chi connectivity index (χ4n) is 2.12. The van der Waals surface area contributed by atoms with Crippen LogP contribution < -0.4 is 0 Å². The predicted molar refractivity (Wildman–Crippen MR) is 68.5 cm³/mol. The van der Waals surface area contributed by atoms with E-state index in [0.29, 0.717) is 6.42 Å². The van der Waals surface area contributed by atoms with Crippen LogP contribution in [0, 0.1) is 0 Å². The first-order chi connectivity index (χ1) is 7.38. The predicted octanol–water partition coefficient (Wildman–Crippen LogP) is 3.31. The van der Waals surface area contributed by atoms with Crippen LogP contribution in [0.1, 0.15) is 46.2 Å². The van der Waals surface area contributed by atoms with Crippen LogP contribution >= 0.6 is 15.9 Å². The van der Waals surface area contributed by atoms with Crippen molar-refractivity contribution >= 4 is 21.7 Å². The topological polar surface area (TPSA) is 34.9 Å². The number of Topliss-reactive ketones (excluding diaryl/α,β-unsaturated/α-hetero) is 1. The molecule has 0 N–H and O–H groups in total. The van der Waals surface area contributed by atoms with Gasteiger partial charge in [0.15, 0.2) is 0 Å². The highest BCUT2D eigenvalue weighted by molar-refractivity contribution is 9.10. The first-order valence-electron chi connectivity index (χ1n) is 5.59. The lowest BCUT2D eigenvalue weighted by Crippen LogP contribution is -2.25. The molecule has 1 heterocycles. The Hall–Kier alpha value is -0.640. The number of carbonyl (C=O) groups is 1. The molecule has 0 aliphatic carbocycles. The molecule has 0 fully saturated rings. The molecule has 0 saturated heterocycles. The summed E-state index contributed by atoms with van der Waals surface area (Å²) in [6.07, 6.45) is 3.39. The summed E-state index contributed by atoms with van der Waals surface area (Å²) in [6.45, 7) is 8.82. The van der Waals surface area contributed by atoms with Gasteiger partial charge in [0.05, 0.1) is 16.4 Å². The zero-order valence-corrected chi connectivity index (χ0v) is 12.0. The molecule has 0 atom stereocenters. The van der Waals surface area contributed by atoms with Crippen LogP contribution in [-0.2, 0) is 16.8 Å². The maximum Gasteiger partial charge on any atom is 0.130 e. The quantitative estimate of drug-likeness (QED) is 0.832. The van der Waals surface area contributed by atoms with Gasteiger partial charge in [-0.05, 0) is 29.3 Å². The molecule has 0 aromatic carbocycles. The van der Waals surface area contributed by atoms with Gasteiger partial charge in [-0.2, -0.15) is 5.10 Å². The van der Waals surface area contributed by atoms with Crippen LogP contribution in [-0.4, -0.2) is 15.6 Å². The lowest BCUT2D eigenvalue weighted by molar-refractivity contribution is -0.118. The van der Waals surface area contributed by atoms with E-state index in [4.69, 9.17) is 0 Å². The molecule has 4 heteroatoms. The lowest BCUT2D eigenvalue weighted by atomic mass is 9.84. The van der Waals surface area contributed by atoms with E-state index in [0.717, 1.165) is 23.1 Å². The van der Waals surface area contributed by atoms with Crippen molar-refractivity contribution in [3.8, 4) is 0 Å². The summed E-state index contributed by atoms with van der Waals surface area (Å²) in [4.78, 5) is 11.3. The zero-order chi connectivity index (χ0) is 12.3. The minimum absolute atomic E-state index is 0.170. The Bertz CT molecular complexity index is 382. The highest BCUT2D eigenvalue weighted by Crippen LogP contribution is 2.33. The summed E-state index contributed by atoms with van der Waals surface area (Å²) in [7, 11) is 0. The third-order valence-corrected chi connectivity index (χ3v) is 3.14. The standard InChI is InChI=1S/C12H19BrN2O/c1-5-6-15-11(10(13)8-14-15)12(3,4)7-9(2)16/h8H,5-7H2,1-4H3. The van der Waals surface area contributed by atoms with Gasteiger partial charge in [0.2, 0.25) is 0 Å². The van der Waals surface area contributed by atoms with Crippen LogP contribution in [0.5, 0.6) is 0 Å². The third kappa shape index (κ3) is 2.94. The van der Waals surface area contributed by atoms with Crippen molar-refractivity contribution in [2.45, 2.75) is 52.5 Å². The molecule has 0 radical (unpaired) electrons. The van der Waals surface area contributed by atoms with Gasteiger partial charge in [0.1, 0.15) is 5.78 Å². The van der Waals surface area contributed by atoms with Gasteiger partial charge in [0.25, 0.3) is 0 Å². The smallest absolute Gasteiger partial charge is 0.130 e. The number of aromatic nitrogens is 2. The molecular formula is C12H19BrN2O. The zero-order valence-electron chi connectivity index (χ0n) is 10.4. The molecule has 0 saturated carbocycles. The number of hydrogen-bond donors (Lipinski definition) is 0. The van der Waals surface area contributed by atoms with Crippen molar-refractivity contribution in [3.05, 3.63) is 16.4 Å². The fourth-order valence-corrected chi connectivity index (χ4v) is 2.96. The Labute approximate surface area is 105 Å². The Balaban J connectivity index is 3.09. The number of rotatable bonds is 5. The monoisotopic (exact) mass is 286 g/mol. The minimum atomic E-state index is -0.170. The Kier molecular flexibility index (Phi) is 4.30. The van der Waals surface area contributed by atoms with E-state index in [9.17, 15) is 4.79 Å². The van der Waals surface area contributed by atoms with Crippen molar-refractivity contribution in [1.82, 2.24) is 9.78 Å². The summed E-state index contributed by atoms with van der Waals surface area (Å²) in [6, 6.07) is 0. The van der Waals surface area contributed by atoms with Crippen LogP contribution in [0.3, 0.4) is 0 Å². The Morgan fingerprint density at radius 2 is 2.19 bits per heavy atom. The highest BCUT2D eigenvalue weighted by Gasteiger charge is 2.28. The van der Waals surface area contributed by atoms with Gasteiger partial charge in [-0.15, -0.1) is 0 Å². The molecule has 0 bridgehead atoms. The van der Waals surface area contributed by atoms with Crippen molar-refractivity contribution in [1.29, 1.82) is 0 Å². The van der Waals surface area contributed by atoms with E-state index in [-0.39, 0.29) is 11.2 Å². The molecule has 0 unspecified atom stereocenters. The SMILES string of the molecule is CCCn1ncc(Br)c1C(C)(C)CC(C)=O. The largest absolute Gasteiger partial charge is 0.300 e. The van der Waals surface area contributed by atoms with E-state index in [2.05, 4.69) is 41.8 Å². The lowest BCUT2D eigenvalue weighted by Gasteiger charge is -2.25. The molecule has 0 aliphatic heterocycles. The Morgan fingerprint density at radius 3 is 2.69 bits per heavy atom. The van der Waals surface area contributed by atoms with Crippen molar-refractivity contribution < 1.29 is 4.79 Å². The highest BCUT2D eigenvalue weighted by atomic mass is 79.9. The summed E-state index contributed by atoms with van der Waals surface area (Å²) in [5.41, 5.74) is 0.945. The summed E-state index contributed by atoms with van der Waals surface area (Å²) < 4.78 is 2.99. The molecule has 0 amide bonds.